The molecule has 39 heteroatoms. The predicted octanol–water partition coefficient (Wildman–Crippen LogP) is -10.2. The van der Waals surface area contributed by atoms with Crippen LogP contribution in [0.5, 0.6) is 0 Å². The Hall–Kier alpha value is -9.98. The number of nitrogens with one attached hydrogen (secondary N) is 9. The third-order valence-electron chi connectivity index (χ3n) is 11.2. The Balaban J connectivity index is 7.12. The number of carboxylic acids is 5. The number of rotatable bonds is 43. The van der Waals surface area contributed by atoms with Crippen LogP contribution >= 0.6 is 0 Å². The second-order valence-corrected chi connectivity index (χ2v) is 18.2. The number of carboxylic acid groups (broad SMARTS) is 5. The molecule has 0 bridgehead atoms. The molecule has 0 aliphatic heterocycles. The van der Waals surface area contributed by atoms with Crippen molar-refractivity contribution in [1.29, 1.82) is 0 Å². The molecule has 84 heavy (non-hydrogen) atoms. The zero-order valence-electron chi connectivity index (χ0n) is 45.3. The molecule has 0 aliphatic rings. The van der Waals surface area contributed by atoms with Crippen molar-refractivity contribution in [3.63, 3.8) is 0 Å². The van der Waals surface area contributed by atoms with Crippen molar-refractivity contribution in [3.05, 3.63) is 0 Å². The number of nitrogens with zero attached hydrogens (tertiary/aromatic N) is 2. The van der Waals surface area contributed by atoms with Crippen molar-refractivity contribution in [1.82, 2.24) is 47.9 Å². The van der Waals surface area contributed by atoms with Gasteiger partial charge in [-0.1, -0.05) is 0 Å². The lowest BCUT2D eigenvalue weighted by atomic mass is 10.0. The number of aliphatic hydroxyl groups excluding tert-OH is 1. The first kappa shape index (κ1) is 74.0. The molecule has 0 radical (unpaired) electrons. The fourth-order valence-electron chi connectivity index (χ4n) is 7.16. The minimum Gasteiger partial charge on any atom is -0.481 e. The number of nitrogens with two attached hydrogens (primary N) is 6. The zero-order chi connectivity index (χ0) is 64.4. The molecule has 0 unspecified atom stereocenters. The largest absolute Gasteiger partial charge is 0.481 e. The van der Waals surface area contributed by atoms with Crippen molar-refractivity contribution < 1.29 is 107 Å². The highest BCUT2D eigenvalue weighted by Gasteiger charge is 2.37. The number of guanidine groups is 2. The van der Waals surface area contributed by atoms with Crippen molar-refractivity contribution in [2.75, 3.05) is 19.7 Å². The number of hydrogen-bond donors (Lipinski definition) is 21. The molecule has 0 fully saturated rings. The molecule has 0 heterocycles. The lowest BCUT2D eigenvalue weighted by Gasteiger charge is -2.27. The number of carbonyl (C=O) groups excluding carboxylic acids is 11. The molecule has 0 aromatic carbocycles. The van der Waals surface area contributed by atoms with E-state index in [0.717, 1.165) is 6.92 Å². The van der Waals surface area contributed by atoms with Gasteiger partial charge in [-0.25, -0.2) is 0 Å². The summed E-state index contributed by atoms with van der Waals surface area (Å²) in [7, 11) is 0. The number of hydrogen-bond acceptors (Lipinski definition) is 19. The van der Waals surface area contributed by atoms with Gasteiger partial charge in [-0.15, -0.1) is 0 Å². The number of aliphatic carboxylic acids is 5. The zero-order valence-corrected chi connectivity index (χ0v) is 45.3. The SMILES string of the molecule is CC(=O)N[C@H](CO)C(=O)N[C@H](CCC(=O)O)C(=O)N[C@H](CC(=O)O)C(=O)N[C@H](CC(N)=O)C(=O)N[C@H](CCCN=C(N)N)C(=O)N[C@H](CC(=O)O)C(=O)N[C@H](CCCC(=O)O)C(=O)N[C@H](CCC(=O)O)C(=O)N[C@H](CCCN=C(N)N)C(N)=O. The number of amides is 11. The highest BCUT2D eigenvalue weighted by Crippen LogP contribution is 2.10. The quantitative estimate of drug-likeness (QED) is 0.0153. The average molecular weight is 1200 g/mol. The van der Waals surface area contributed by atoms with Crippen LogP contribution in [0.3, 0.4) is 0 Å². The van der Waals surface area contributed by atoms with E-state index in [0.29, 0.717) is 0 Å². The standard InChI is InChI=1S/C45H73N17O22/c1-19(64)54-28(18-63)43(84)59-24(10-12-32(70)71)39(80)62-27(17-34(74)75)42(83)60-25(15-29(46)65)40(81)57-22(7-4-14-53-45(50)51)37(78)61-26(16-33(72)73)41(82)56-21(5-2-8-30(66)67)36(77)58-23(9-11-31(68)69)38(79)55-20(35(47)76)6-3-13-52-44(48)49/h20-28,63H,2-18H2,1H3,(H2,46,65)(H2,47,76)(H,54,64)(H,55,79)(H,56,82)(H,57,81)(H,58,77)(H,59,84)(H,60,83)(H,61,78)(H,62,80)(H,66,67)(H,68,69)(H,70,71)(H,72,73)(H,74,75)(H4,48,49,52)(H4,50,51,53)/t20-,21-,22-,23-,24-,25-,26-,27-,28-/m1/s1. The smallest absolute Gasteiger partial charge is 0.305 e. The fraction of sp³-hybridized carbons (Fsp3) is 0.600. The first-order chi connectivity index (χ1) is 39.2. The van der Waals surface area contributed by atoms with Gasteiger partial charge in [0.15, 0.2) is 11.9 Å². The summed E-state index contributed by atoms with van der Waals surface area (Å²) in [5.41, 5.74) is 32.1. The maximum atomic E-state index is 14.1. The van der Waals surface area contributed by atoms with E-state index >= 15 is 0 Å². The van der Waals surface area contributed by atoms with Gasteiger partial charge in [0, 0.05) is 39.3 Å². The van der Waals surface area contributed by atoms with Gasteiger partial charge in [0.1, 0.15) is 54.4 Å². The summed E-state index contributed by atoms with van der Waals surface area (Å²) in [5.74, 6) is -22.8. The van der Waals surface area contributed by atoms with E-state index in [1.54, 1.807) is 0 Å². The van der Waals surface area contributed by atoms with Gasteiger partial charge in [-0.3, -0.25) is 86.7 Å². The van der Waals surface area contributed by atoms with E-state index in [-0.39, 0.29) is 44.7 Å². The second kappa shape index (κ2) is 38.6. The summed E-state index contributed by atoms with van der Waals surface area (Å²) in [6, 6.07) is -17.2. The van der Waals surface area contributed by atoms with Gasteiger partial charge in [-0.2, -0.15) is 0 Å². The maximum Gasteiger partial charge on any atom is 0.305 e. The Labute approximate surface area is 476 Å². The second-order valence-electron chi connectivity index (χ2n) is 18.2. The van der Waals surface area contributed by atoms with E-state index in [1.165, 1.54) is 0 Å². The van der Waals surface area contributed by atoms with Crippen LogP contribution in [0.2, 0.25) is 0 Å². The summed E-state index contributed by atoms with van der Waals surface area (Å²) in [6.45, 7) is -0.310. The molecule has 0 saturated heterocycles. The summed E-state index contributed by atoms with van der Waals surface area (Å²) in [5, 5.41) is 75.9. The molecule has 0 aliphatic carbocycles. The van der Waals surface area contributed by atoms with Crippen LogP contribution in [-0.4, -0.2) is 211 Å². The van der Waals surface area contributed by atoms with E-state index in [2.05, 4.69) is 47.2 Å². The van der Waals surface area contributed by atoms with E-state index in [9.17, 15) is 107 Å². The molecule has 0 rings (SSSR count). The lowest BCUT2D eigenvalue weighted by molar-refractivity contribution is -0.142. The molecular weight excluding hydrogens is 1130 g/mol. The van der Waals surface area contributed by atoms with Gasteiger partial charge >= 0.3 is 29.8 Å². The third-order valence-corrected chi connectivity index (χ3v) is 11.2. The van der Waals surface area contributed by atoms with E-state index in [1.807, 2.05) is 10.6 Å². The van der Waals surface area contributed by atoms with Gasteiger partial charge in [0.2, 0.25) is 65.0 Å². The Morgan fingerprint density at radius 2 is 0.631 bits per heavy atom. The Morgan fingerprint density at radius 3 is 0.929 bits per heavy atom. The molecule has 11 amide bonds. The first-order valence-electron chi connectivity index (χ1n) is 25.3. The van der Waals surface area contributed by atoms with Crippen molar-refractivity contribution >= 4 is 107 Å². The van der Waals surface area contributed by atoms with Crippen molar-refractivity contribution in [2.24, 2.45) is 44.4 Å². The molecule has 9 atom stereocenters. The topological polar surface area (TPSA) is 684 Å². The predicted molar refractivity (Wildman–Crippen MR) is 283 cm³/mol. The Bertz CT molecular complexity index is 2470. The number of aliphatic hydroxyl groups is 1. The molecule has 0 aromatic heterocycles. The van der Waals surface area contributed by atoms with Gasteiger partial charge in [0.05, 0.1) is 25.9 Å². The molecule has 0 aromatic rings. The van der Waals surface area contributed by atoms with Crippen LogP contribution in [0.4, 0.5) is 0 Å². The maximum absolute atomic E-state index is 14.1. The minimum atomic E-state index is -2.21. The van der Waals surface area contributed by atoms with E-state index in [4.69, 9.17) is 34.4 Å². The Kier molecular flexibility index (Phi) is 34.0. The van der Waals surface area contributed by atoms with Crippen LogP contribution in [0.15, 0.2) is 9.98 Å². The van der Waals surface area contributed by atoms with Crippen LogP contribution in [0, 0.1) is 0 Å². The van der Waals surface area contributed by atoms with Crippen molar-refractivity contribution in [3.8, 4) is 0 Å². The normalized spacial score (nSPS) is 13.8. The third kappa shape index (κ3) is 32.3. The number of aliphatic imine (C=N–C) groups is 2. The van der Waals surface area contributed by atoms with Gasteiger partial charge in [0.25, 0.3) is 0 Å². The number of primary amides is 2. The highest BCUT2D eigenvalue weighted by molar-refractivity contribution is 6.00. The van der Waals surface area contributed by atoms with Crippen molar-refractivity contribution in [2.45, 2.75) is 151 Å². The summed E-state index contributed by atoms with van der Waals surface area (Å²) in [4.78, 5) is 211. The highest BCUT2D eigenvalue weighted by atomic mass is 16.4. The van der Waals surface area contributed by atoms with Crippen LogP contribution in [0.25, 0.3) is 0 Å². The minimum absolute atomic E-state index is 0.0103. The van der Waals surface area contributed by atoms with Crippen LogP contribution < -0.4 is 82.3 Å². The summed E-state index contributed by atoms with van der Waals surface area (Å²) >= 11 is 0. The average Bonchev–Trinajstić information content (AvgIpc) is 3.46. The fourth-order valence-corrected chi connectivity index (χ4v) is 7.16. The Morgan fingerprint density at radius 1 is 0.345 bits per heavy atom. The molecule has 0 saturated carbocycles. The monoisotopic (exact) mass is 1200 g/mol. The van der Waals surface area contributed by atoms with Crippen LogP contribution in [0.1, 0.15) is 96.8 Å². The number of carbonyl (C=O) groups is 16. The first-order valence-corrected chi connectivity index (χ1v) is 25.3. The molecule has 0 spiro atoms. The molecule has 27 N–H and O–H groups in total. The molecule has 470 valence electrons. The molecule has 39 nitrogen and oxygen atoms in total. The lowest BCUT2D eigenvalue weighted by Crippen LogP contribution is -2.61. The molecular formula is C45H73N17O22. The summed E-state index contributed by atoms with van der Waals surface area (Å²) in [6.07, 6.45) is -9.02. The van der Waals surface area contributed by atoms with Crippen LogP contribution in [-0.2, 0) is 76.7 Å². The van der Waals surface area contributed by atoms with Gasteiger partial charge in [-0.05, 0) is 51.4 Å². The summed E-state index contributed by atoms with van der Waals surface area (Å²) < 4.78 is 0. The van der Waals surface area contributed by atoms with E-state index < -0.39 is 226 Å². The van der Waals surface area contributed by atoms with Gasteiger partial charge < -0.3 is 113 Å².